The largest absolute Gasteiger partial charge is 0.376 e. The van der Waals surface area contributed by atoms with E-state index < -0.39 is 0 Å². The van der Waals surface area contributed by atoms with E-state index in [9.17, 15) is 9.59 Å². The quantitative estimate of drug-likeness (QED) is 0.573. The van der Waals surface area contributed by atoms with Gasteiger partial charge in [0.1, 0.15) is 0 Å². The minimum atomic E-state index is -0.129. The Bertz CT molecular complexity index is 364. The zero-order valence-electron chi connectivity index (χ0n) is 10.2. The molecule has 1 aliphatic carbocycles. The van der Waals surface area contributed by atoms with Gasteiger partial charge in [0.05, 0.1) is 18.1 Å². The number of amides is 2. The van der Waals surface area contributed by atoms with Crippen molar-refractivity contribution in [2.75, 3.05) is 13.2 Å². The number of nitrogens with two attached hydrogens (primary N) is 1. The number of hydrogen-bond acceptors (Lipinski definition) is 4. The Kier molecular flexibility index (Phi) is 2.99. The molecule has 100 valence electrons. The lowest BCUT2D eigenvalue weighted by atomic mass is 9.72. The number of piperidine rings is 1. The SMILES string of the molecule is NC1C2CCOC2C1NC(=O)C1CCC(=O)NC1. The van der Waals surface area contributed by atoms with Crippen molar-refractivity contribution in [2.45, 2.75) is 37.5 Å². The average molecular weight is 253 g/mol. The van der Waals surface area contributed by atoms with Gasteiger partial charge in [-0.2, -0.15) is 0 Å². The summed E-state index contributed by atoms with van der Waals surface area (Å²) in [6.07, 6.45) is 2.14. The number of hydrogen-bond donors (Lipinski definition) is 3. The fourth-order valence-electron chi connectivity index (χ4n) is 3.17. The van der Waals surface area contributed by atoms with Crippen LogP contribution in [-0.2, 0) is 14.3 Å². The summed E-state index contributed by atoms with van der Waals surface area (Å²) in [5, 5.41) is 5.70. The molecule has 2 aliphatic heterocycles. The Morgan fingerprint density at radius 3 is 3.00 bits per heavy atom. The monoisotopic (exact) mass is 253 g/mol. The smallest absolute Gasteiger partial charge is 0.225 e. The maximum Gasteiger partial charge on any atom is 0.225 e. The Morgan fingerprint density at radius 1 is 1.44 bits per heavy atom. The number of nitrogens with one attached hydrogen (secondary N) is 2. The van der Waals surface area contributed by atoms with Crippen molar-refractivity contribution < 1.29 is 14.3 Å². The Balaban J connectivity index is 1.53. The third-order valence-electron chi connectivity index (χ3n) is 4.39. The number of carbonyl (C=O) groups excluding carboxylic acids is 2. The summed E-state index contributed by atoms with van der Waals surface area (Å²) in [6.45, 7) is 1.18. The highest BCUT2D eigenvalue weighted by Crippen LogP contribution is 2.37. The van der Waals surface area contributed by atoms with E-state index in [4.69, 9.17) is 10.5 Å². The van der Waals surface area contributed by atoms with Gasteiger partial charge in [0.2, 0.25) is 11.8 Å². The third kappa shape index (κ3) is 1.89. The minimum absolute atomic E-state index is 0.00981. The van der Waals surface area contributed by atoms with E-state index in [-0.39, 0.29) is 35.9 Å². The van der Waals surface area contributed by atoms with Crippen LogP contribution in [-0.4, -0.2) is 43.2 Å². The van der Waals surface area contributed by atoms with Crippen LogP contribution in [0, 0.1) is 11.8 Å². The molecule has 2 amide bonds. The molecule has 4 N–H and O–H groups in total. The Morgan fingerprint density at radius 2 is 2.28 bits per heavy atom. The molecule has 6 heteroatoms. The predicted molar refractivity (Wildman–Crippen MR) is 63.5 cm³/mol. The van der Waals surface area contributed by atoms with Crippen molar-refractivity contribution in [3.63, 3.8) is 0 Å². The van der Waals surface area contributed by atoms with Crippen LogP contribution >= 0.6 is 0 Å². The van der Waals surface area contributed by atoms with E-state index in [1.165, 1.54) is 0 Å². The molecule has 1 saturated carbocycles. The maximum absolute atomic E-state index is 12.1. The molecule has 0 bridgehead atoms. The van der Waals surface area contributed by atoms with Gasteiger partial charge in [-0.15, -0.1) is 0 Å². The van der Waals surface area contributed by atoms with Crippen molar-refractivity contribution in [1.29, 1.82) is 0 Å². The van der Waals surface area contributed by atoms with Crippen LogP contribution in [0.15, 0.2) is 0 Å². The molecule has 3 aliphatic rings. The summed E-state index contributed by atoms with van der Waals surface area (Å²) in [4.78, 5) is 23.1. The summed E-state index contributed by atoms with van der Waals surface area (Å²) >= 11 is 0. The molecule has 2 saturated heterocycles. The molecule has 18 heavy (non-hydrogen) atoms. The van der Waals surface area contributed by atoms with E-state index in [1.54, 1.807) is 0 Å². The van der Waals surface area contributed by atoms with Gasteiger partial charge in [-0.25, -0.2) is 0 Å². The Hall–Kier alpha value is -1.14. The lowest BCUT2D eigenvalue weighted by molar-refractivity contribution is -0.132. The summed E-state index contributed by atoms with van der Waals surface area (Å²) in [7, 11) is 0. The molecule has 0 radical (unpaired) electrons. The van der Waals surface area contributed by atoms with Crippen LogP contribution < -0.4 is 16.4 Å². The van der Waals surface area contributed by atoms with Crippen LogP contribution in [0.1, 0.15) is 19.3 Å². The van der Waals surface area contributed by atoms with Crippen LogP contribution in [0.4, 0.5) is 0 Å². The first kappa shape index (κ1) is 11.9. The lowest BCUT2D eigenvalue weighted by Gasteiger charge is -2.46. The molecule has 0 aromatic rings. The van der Waals surface area contributed by atoms with Crippen molar-refractivity contribution in [2.24, 2.45) is 17.6 Å². The number of fused-ring (bicyclic) bond motifs is 1. The summed E-state index contributed by atoms with van der Waals surface area (Å²) in [5.41, 5.74) is 6.04. The van der Waals surface area contributed by atoms with Crippen LogP contribution in [0.3, 0.4) is 0 Å². The van der Waals surface area contributed by atoms with Crippen LogP contribution in [0.5, 0.6) is 0 Å². The molecule has 0 spiro atoms. The molecule has 5 unspecified atom stereocenters. The van der Waals surface area contributed by atoms with Gasteiger partial charge in [-0.1, -0.05) is 0 Å². The lowest BCUT2D eigenvalue weighted by Crippen LogP contribution is -2.69. The second-order valence-corrected chi connectivity index (χ2v) is 5.44. The van der Waals surface area contributed by atoms with Gasteiger partial charge in [0, 0.05) is 31.5 Å². The second kappa shape index (κ2) is 4.51. The maximum atomic E-state index is 12.1. The zero-order chi connectivity index (χ0) is 12.7. The van der Waals surface area contributed by atoms with E-state index >= 15 is 0 Å². The van der Waals surface area contributed by atoms with Gasteiger partial charge in [-0.05, 0) is 12.8 Å². The number of rotatable bonds is 2. The first-order valence-corrected chi connectivity index (χ1v) is 6.61. The highest BCUT2D eigenvalue weighted by molar-refractivity contribution is 5.84. The van der Waals surface area contributed by atoms with Gasteiger partial charge in [-0.3, -0.25) is 9.59 Å². The predicted octanol–water partition coefficient (Wildman–Crippen LogP) is -1.26. The Labute approximate surface area is 106 Å². The van der Waals surface area contributed by atoms with E-state index in [1.807, 2.05) is 0 Å². The molecule has 0 aromatic heterocycles. The van der Waals surface area contributed by atoms with E-state index in [2.05, 4.69) is 10.6 Å². The summed E-state index contributed by atoms with van der Waals surface area (Å²) in [6, 6.07) is -0.0396. The van der Waals surface area contributed by atoms with Crippen molar-refractivity contribution >= 4 is 11.8 Å². The number of ether oxygens (including phenoxy) is 1. The fourth-order valence-corrected chi connectivity index (χ4v) is 3.17. The summed E-state index contributed by atoms with van der Waals surface area (Å²) < 4.78 is 5.58. The van der Waals surface area contributed by atoms with Crippen molar-refractivity contribution in [1.82, 2.24) is 10.6 Å². The van der Waals surface area contributed by atoms with Gasteiger partial charge < -0.3 is 21.1 Å². The molecule has 0 aromatic carbocycles. The van der Waals surface area contributed by atoms with E-state index in [0.29, 0.717) is 25.3 Å². The first-order valence-electron chi connectivity index (χ1n) is 6.61. The number of carbonyl (C=O) groups is 2. The minimum Gasteiger partial charge on any atom is -0.376 e. The highest BCUT2D eigenvalue weighted by Gasteiger charge is 2.53. The molecule has 5 atom stereocenters. The first-order chi connectivity index (χ1) is 8.66. The van der Waals surface area contributed by atoms with Gasteiger partial charge in [0.25, 0.3) is 0 Å². The average Bonchev–Trinajstić information content (AvgIpc) is 2.81. The third-order valence-corrected chi connectivity index (χ3v) is 4.39. The van der Waals surface area contributed by atoms with Gasteiger partial charge >= 0.3 is 0 Å². The van der Waals surface area contributed by atoms with Crippen LogP contribution in [0.2, 0.25) is 0 Å². The fraction of sp³-hybridized carbons (Fsp3) is 0.833. The molecular formula is C12H19N3O3. The summed E-state index contributed by atoms with van der Waals surface area (Å²) in [5.74, 6) is 0.291. The molecule has 6 nitrogen and oxygen atoms in total. The molecular weight excluding hydrogens is 234 g/mol. The van der Waals surface area contributed by atoms with Crippen molar-refractivity contribution in [3.05, 3.63) is 0 Å². The molecule has 2 heterocycles. The molecule has 3 rings (SSSR count). The topological polar surface area (TPSA) is 93.4 Å². The van der Waals surface area contributed by atoms with Crippen molar-refractivity contribution in [3.8, 4) is 0 Å². The zero-order valence-corrected chi connectivity index (χ0v) is 10.2. The molecule has 3 fully saturated rings. The second-order valence-electron chi connectivity index (χ2n) is 5.44. The highest BCUT2D eigenvalue weighted by atomic mass is 16.5. The standard InChI is InChI=1S/C12H19N3O3/c13-9-7-3-4-18-11(7)10(9)15-12(17)6-1-2-8(16)14-5-6/h6-7,9-11H,1-5,13H2,(H,14,16)(H,15,17). The van der Waals surface area contributed by atoms with E-state index in [0.717, 1.165) is 13.0 Å². The van der Waals surface area contributed by atoms with Gasteiger partial charge in [0.15, 0.2) is 0 Å². The van der Waals surface area contributed by atoms with Crippen LogP contribution in [0.25, 0.3) is 0 Å². The normalized spacial score (nSPS) is 42.7.